The van der Waals surface area contributed by atoms with Crippen LogP contribution in [-0.4, -0.2) is 39.7 Å². The summed E-state index contributed by atoms with van der Waals surface area (Å²) in [6.07, 6.45) is 23.3. The number of rotatable bonds is 10. The molecule has 0 spiro atoms. The lowest BCUT2D eigenvalue weighted by Crippen LogP contribution is -2.36. The topological polar surface area (TPSA) is 110 Å². The van der Waals surface area contributed by atoms with Gasteiger partial charge < -0.3 is 19.4 Å². The minimum absolute atomic E-state index is 0. The van der Waals surface area contributed by atoms with Crippen molar-refractivity contribution in [2.75, 3.05) is 6.61 Å². The lowest BCUT2D eigenvalue weighted by molar-refractivity contribution is -0.139. The summed E-state index contributed by atoms with van der Waals surface area (Å²) in [6, 6.07) is 15.7. The van der Waals surface area contributed by atoms with Gasteiger partial charge in [0.1, 0.15) is 17.6 Å². The number of carbonyl (C=O) groups is 2. The van der Waals surface area contributed by atoms with E-state index in [1.54, 1.807) is 6.07 Å². The second kappa shape index (κ2) is 19.4. The molecule has 4 fully saturated rings. The van der Waals surface area contributed by atoms with Crippen molar-refractivity contribution in [3.8, 4) is 28.3 Å². The Balaban J connectivity index is 0.000000249. The third-order valence-corrected chi connectivity index (χ3v) is 11.7. The van der Waals surface area contributed by atoms with E-state index >= 15 is 0 Å². The van der Waals surface area contributed by atoms with E-state index in [9.17, 15) is 14.7 Å². The maximum Gasteiger partial charge on any atom is 0.341 e. The molecule has 1 unspecified atom stereocenters. The van der Waals surface area contributed by atoms with Crippen LogP contribution in [0.15, 0.2) is 52.9 Å². The van der Waals surface area contributed by atoms with Crippen molar-refractivity contribution in [3.05, 3.63) is 60.0 Å². The fourth-order valence-electron chi connectivity index (χ4n) is 8.92. The summed E-state index contributed by atoms with van der Waals surface area (Å²) < 4.78 is 12.1. The molecule has 278 valence electrons. The van der Waals surface area contributed by atoms with Crippen LogP contribution >= 0.6 is 0 Å². The molecule has 7 heteroatoms. The molecule has 4 aliphatic carbocycles. The number of carboxylic acids is 1. The van der Waals surface area contributed by atoms with Crippen LogP contribution in [0.2, 0.25) is 0 Å². The lowest BCUT2D eigenvalue weighted by atomic mass is 9.78. The van der Waals surface area contributed by atoms with Crippen LogP contribution in [0.4, 0.5) is 0 Å². The van der Waals surface area contributed by atoms with Gasteiger partial charge in [-0.3, -0.25) is 4.79 Å². The van der Waals surface area contributed by atoms with Gasteiger partial charge in [-0.05, 0) is 86.6 Å². The average Bonchev–Trinajstić information content (AvgIpc) is 3.64. The standard InChI is InChI=1S/C29H33NO4.C14H24O2.CH4/c31-26(32)19-33-23-15-9-14-22(18-23)24-16-7-8-17-25(24)29-30-27(20-10-3-1-4-11-20)28(34-29)21-12-5-2-6-13-21;15-13(11-7-3-1-4-8-11)14(16)12-9-5-2-6-10-12;/h7-9,14-18,20-21H,1-6,10-13,19H2,(H,31,32);11-13,15H,1-10H2;1H4. The second-order valence-electron chi connectivity index (χ2n) is 15.3. The van der Waals surface area contributed by atoms with E-state index in [4.69, 9.17) is 19.2 Å². The number of carbonyl (C=O) groups excluding carboxylic acids is 1. The van der Waals surface area contributed by atoms with Gasteiger partial charge in [0.05, 0.1) is 5.69 Å². The van der Waals surface area contributed by atoms with Gasteiger partial charge in [0.25, 0.3) is 0 Å². The molecule has 7 rings (SSSR count). The first-order valence-electron chi connectivity index (χ1n) is 19.7. The number of benzene rings is 2. The van der Waals surface area contributed by atoms with Gasteiger partial charge in [0.2, 0.25) is 5.89 Å². The van der Waals surface area contributed by atoms with E-state index in [1.807, 2.05) is 30.3 Å². The van der Waals surface area contributed by atoms with Crippen LogP contribution in [0.25, 0.3) is 22.6 Å². The first-order valence-corrected chi connectivity index (χ1v) is 19.7. The van der Waals surface area contributed by atoms with Crippen molar-refractivity contribution >= 4 is 11.8 Å². The number of hydrogen-bond donors (Lipinski definition) is 2. The van der Waals surface area contributed by atoms with Crippen LogP contribution in [0, 0.1) is 11.8 Å². The first kappa shape index (κ1) is 38.8. The van der Waals surface area contributed by atoms with Gasteiger partial charge in [-0.25, -0.2) is 9.78 Å². The molecule has 1 atom stereocenters. The average molecular weight is 700 g/mol. The van der Waals surface area contributed by atoms with Crippen molar-refractivity contribution in [2.45, 2.75) is 154 Å². The maximum atomic E-state index is 12.1. The largest absolute Gasteiger partial charge is 0.482 e. The molecule has 0 amide bonds. The number of oxazole rings is 1. The molecule has 3 aromatic rings. The van der Waals surface area contributed by atoms with Crippen LogP contribution in [0.3, 0.4) is 0 Å². The monoisotopic (exact) mass is 699 g/mol. The summed E-state index contributed by atoms with van der Waals surface area (Å²) in [4.78, 5) is 28.2. The number of nitrogens with zero attached hydrogens (tertiary/aromatic N) is 1. The van der Waals surface area contributed by atoms with Crippen LogP contribution in [0.1, 0.15) is 159 Å². The number of aliphatic hydroxyl groups is 1. The van der Waals surface area contributed by atoms with Gasteiger partial charge >= 0.3 is 5.97 Å². The van der Waals surface area contributed by atoms with Crippen LogP contribution in [-0.2, 0) is 9.59 Å². The molecule has 1 heterocycles. The Bertz CT molecular complexity index is 1490. The van der Waals surface area contributed by atoms with Gasteiger partial charge in [-0.15, -0.1) is 0 Å². The molecular formula is C44H61NO6. The summed E-state index contributed by atoms with van der Waals surface area (Å²) in [5.74, 6) is 2.96. The third kappa shape index (κ3) is 10.3. The quantitative estimate of drug-likeness (QED) is 0.217. The molecular weight excluding hydrogens is 638 g/mol. The number of ketones is 1. The number of carboxylic acid groups (broad SMARTS) is 1. The smallest absolute Gasteiger partial charge is 0.341 e. The summed E-state index contributed by atoms with van der Waals surface area (Å²) in [7, 11) is 0. The lowest BCUT2D eigenvalue weighted by Gasteiger charge is -2.29. The molecule has 0 aliphatic heterocycles. The van der Waals surface area contributed by atoms with Crippen molar-refractivity contribution in [3.63, 3.8) is 0 Å². The molecule has 2 aromatic carbocycles. The Morgan fingerprint density at radius 2 is 1.29 bits per heavy atom. The third-order valence-electron chi connectivity index (χ3n) is 11.7. The zero-order chi connectivity index (χ0) is 34.7. The molecule has 0 saturated heterocycles. The molecule has 2 N–H and O–H groups in total. The molecule has 4 saturated carbocycles. The minimum atomic E-state index is -0.990. The summed E-state index contributed by atoms with van der Waals surface area (Å²) in [5.41, 5.74) is 4.14. The Morgan fingerprint density at radius 1 is 0.725 bits per heavy atom. The number of hydrogen-bond acceptors (Lipinski definition) is 6. The molecule has 51 heavy (non-hydrogen) atoms. The fraction of sp³-hybridized carbons (Fsp3) is 0.614. The zero-order valence-electron chi connectivity index (χ0n) is 29.8. The predicted molar refractivity (Wildman–Crippen MR) is 203 cm³/mol. The maximum absolute atomic E-state index is 12.1. The van der Waals surface area contributed by atoms with Crippen molar-refractivity contribution in [1.82, 2.24) is 4.98 Å². The highest BCUT2D eigenvalue weighted by molar-refractivity contribution is 5.85. The highest BCUT2D eigenvalue weighted by atomic mass is 16.5. The number of Topliss-reactive ketones (excluding diaryl/α,β-unsaturated/α-hetero) is 1. The minimum Gasteiger partial charge on any atom is -0.482 e. The van der Waals surface area contributed by atoms with Crippen molar-refractivity contribution in [2.24, 2.45) is 11.8 Å². The van der Waals surface area contributed by atoms with E-state index in [-0.39, 0.29) is 31.7 Å². The summed E-state index contributed by atoms with van der Waals surface area (Å²) >= 11 is 0. The molecule has 4 aliphatic rings. The normalized spacial score (nSPS) is 20.0. The van der Waals surface area contributed by atoms with E-state index in [0.29, 0.717) is 23.5 Å². The van der Waals surface area contributed by atoms with Crippen molar-refractivity contribution in [1.29, 1.82) is 0 Å². The van der Waals surface area contributed by atoms with E-state index in [1.165, 1.54) is 108 Å². The van der Waals surface area contributed by atoms with Gasteiger partial charge in [-0.2, -0.15) is 0 Å². The molecule has 7 nitrogen and oxygen atoms in total. The van der Waals surface area contributed by atoms with Crippen LogP contribution in [0.5, 0.6) is 5.75 Å². The highest BCUT2D eigenvalue weighted by Gasteiger charge is 2.33. The summed E-state index contributed by atoms with van der Waals surface area (Å²) in [5, 5.41) is 19.1. The van der Waals surface area contributed by atoms with Crippen LogP contribution < -0.4 is 4.74 Å². The molecule has 0 bridgehead atoms. The second-order valence-corrected chi connectivity index (χ2v) is 15.3. The Hall–Kier alpha value is -3.45. The molecule has 0 radical (unpaired) electrons. The molecule has 1 aromatic heterocycles. The van der Waals surface area contributed by atoms with E-state index < -0.39 is 12.1 Å². The van der Waals surface area contributed by atoms with Crippen molar-refractivity contribution < 1.29 is 29.0 Å². The highest BCUT2D eigenvalue weighted by Crippen LogP contribution is 2.44. The SMILES string of the molecule is C.O=C(C1CCCCC1)C(O)C1CCCCC1.O=C(O)COc1cccc(-c2ccccc2-c2nc(C3CCCCC3)c(C3CCCCC3)o2)c1. The first-order chi connectivity index (χ1) is 24.5. The van der Waals surface area contributed by atoms with E-state index in [0.717, 1.165) is 48.1 Å². The fourth-order valence-corrected chi connectivity index (χ4v) is 8.92. The van der Waals surface area contributed by atoms with Gasteiger partial charge in [0.15, 0.2) is 12.4 Å². The van der Waals surface area contributed by atoms with E-state index in [2.05, 4.69) is 12.1 Å². The zero-order valence-corrected chi connectivity index (χ0v) is 29.8. The van der Waals surface area contributed by atoms with Gasteiger partial charge in [-0.1, -0.05) is 115 Å². The van der Waals surface area contributed by atoms with Gasteiger partial charge in [0, 0.05) is 23.3 Å². The number of ether oxygens (including phenoxy) is 1. The Kier molecular flexibility index (Phi) is 14.8. The Labute approximate surface area is 305 Å². The number of aliphatic hydroxyl groups excluding tert-OH is 1. The Morgan fingerprint density at radius 3 is 1.92 bits per heavy atom. The summed E-state index contributed by atoms with van der Waals surface area (Å²) in [6.45, 7) is -0.361. The number of aromatic nitrogens is 1. The number of aliphatic carboxylic acids is 1. The predicted octanol–water partition coefficient (Wildman–Crippen LogP) is 11.3.